The summed E-state index contributed by atoms with van der Waals surface area (Å²) in [7, 11) is 0. The van der Waals surface area contributed by atoms with Crippen molar-refractivity contribution in [3.05, 3.63) is 26.7 Å². The van der Waals surface area contributed by atoms with Crippen LogP contribution in [0.15, 0.2) is 9.59 Å². The van der Waals surface area contributed by atoms with Gasteiger partial charge in [0.1, 0.15) is 35.8 Å². The van der Waals surface area contributed by atoms with Gasteiger partial charge in [-0.3, -0.25) is 13.9 Å². The van der Waals surface area contributed by atoms with E-state index in [-0.39, 0.29) is 17.4 Å². The fourth-order valence-corrected chi connectivity index (χ4v) is 5.64. The summed E-state index contributed by atoms with van der Waals surface area (Å²) in [6.45, 7) is 6.19. The van der Waals surface area contributed by atoms with Gasteiger partial charge in [-0.2, -0.15) is 0 Å². The number of aromatic nitrogens is 4. The number of fused-ring (bicyclic) bond motifs is 1. The van der Waals surface area contributed by atoms with E-state index in [4.69, 9.17) is 24.3 Å². The predicted molar refractivity (Wildman–Crippen MR) is 112 cm³/mol. The molecular formula is C21H28N4O7. The van der Waals surface area contributed by atoms with E-state index in [1.165, 1.54) is 4.57 Å². The van der Waals surface area contributed by atoms with Gasteiger partial charge in [-0.1, -0.05) is 13.8 Å². The molecule has 0 aliphatic carbocycles. The van der Waals surface area contributed by atoms with Crippen LogP contribution < -0.4 is 11.2 Å². The van der Waals surface area contributed by atoms with Crippen LogP contribution in [0.2, 0.25) is 0 Å². The van der Waals surface area contributed by atoms with Crippen LogP contribution in [-0.4, -0.2) is 60.7 Å². The second-order valence-corrected chi connectivity index (χ2v) is 9.23. The minimum atomic E-state index is -1.04. The van der Waals surface area contributed by atoms with Gasteiger partial charge < -0.3 is 24.3 Å². The number of carboxylic acids is 1. The Labute approximate surface area is 183 Å². The van der Waals surface area contributed by atoms with Crippen molar-refractivity contribution in [3.63, 3.8) is 0 Å². The van der Waals surface area contributed by atoms with Crippen molar-refractivity contribution in [2.45, 2.75) is 89.1 Å². The summed E-state index contributed by atoms with van der Waals surface area (Å²) in [5, 5.41) is 8.98. The highest BCUT2D eigenvalue weighted by atomic mass is 16.7. The molecule has 4 aliphatic rings. The van der Waals surface area contributed by atoms with Gasteiger partial charge in [0.15, 0.2) is 5.65 Å². The first-order chi connectivity index (χ1) is 15.2. The Kier molecular flexibility index (Phi) is 4.84. The molecule has 2 N–H and O–H groups in total. The molecule has 0 radical (unpaired) electrons. The molecule has 32 heavy (non-hydrogen) atoms. The molecule has 5 atom stereocenters. The van der Waals surface area contributed by atoms with E-state index in [1.807, 2.05) is 20.8 Å². The lowest BCUT2D eigenvalue weighted by Crippen LogP contribution is -2.47. The average molecular weight is 448 g/mol. The van der Waals surface area contributed by atoms with Crippen LogP contribution in [-0.2, 0) is 37.7 Å². The monoisotopic (exact) mass is 448 g/mol. The van der Waals surface area contributed by atoms with Crippen molar-refractivity contribution in [2.24, 2.45) is 0 Å². The predicted octanol–water partition coefficient (Wildman–Crippen LogP) is 0.722. The first kappa shape index (κ1) is 21.4. The number of imidazole rings is 1. The normalized spacial score (nSPS) is 32.9. The standard InChI is InChI=1S/C21H28N4O7/c1-4-6-24-16-13(17(28)25(7-5-2)19(24)29)22-18(23-16)21-8-11-14(30-9-12(26)27)15(32-21)20(3,10-21)31-11/h11,14-15H,4-10H2,1-3H3,(H,22,23)(H,26,27)/t11-,14?,15?,20+,21-/m1/s1. The van der Waals surface area contributed by atoms with Crippen LogP contribution >= 0.6 is 0 Å². The largest absolute Gasteiger partial charge is 0.480 e. The molecule has 6 heterocycles. The zero-order valence-electron chi connectivity index (χ0n) is 18.4. The van der Waals surface area contributed by atoms with Gasteiger partial charge in [-0.05, 0) is 19.8 Å². The summed E-state index contributed by atoms with van der Waals surface area (Å²) in [5.74, 6) is -0.543. The summed E-state index contributed by atoms with van der Waals surface area (Å²) < 4.78 is 21.0. The van der Waals surface area contributed by atoms with Crippen molar-refractivity contribution < 1.29 is 24.1 Å². The van der Waals surface area contributed by atoms with Gasteiger partial charge in [-0.25, -0.2) is 14.6 Å². The Hall–Kier alpha value is -2.50. The third-order valence-corrected chi connectivity index (χ3v) is 6.79. The number of carbonyl (C=O) groups is 1. The number of hydrogen-bond acceptors (Lipinski definition) is 7. The number of aromatic amines is 1. The van der Waals surface area contributed by atoms with E-state index < -0.39 is 36.0 Å². The molecule has 174 valence electrons. The summed E-state index contributed by atoms with van der Waals surface area (Å²) in [4.78, 5) is 44.9. The molecule has 0 spiro atoms. The van der Waals surface area contributed by atoms with Crippen LogP contribution in [0.25, 0.3) is 11.2 Å². The maximum absolute atomic E-state index is 13.1. The Morgan fingerprint density at radius 1 is 1.25 bits per heavy atom. The van der Waals surface area contributed by atoms with Crippen LogP contribution in [0.3, 0.4) is 0 Å². The number of ether oxygens (including phenoxy) is 3. The maximum atomic E-state index is 13.1. The molecule has 4 aliphatic heterocycles. The van der Waals surface area contributed by atoms with E-state index in [9.17, 15) is 14.4 Å². The van der Waals surface area contributed by atoms with Gasteiger partial charge in [-0.15, -0.1) is 0 Å². The lowest BCUT2D eigenvalue weighted by atomic mass is 9.86. The molecule has 4 fully saturated rings. The van der Waals surface area contributed by atoms with Gasteiger partial charge in [0.25, 0.3) is 5.56 Å². The van der Waals surface area contributed by atoms with E-state index in [2.05, 4.69) is 4.98 Å². The van der Waals surface area contributed by atoms with E-state index >= 15 is 0 Å². The summed E-state index contributed by atoms with van der Waals surface area (Å²) in [6, 6.07) is 0. The number of H-pyrrole nitrogens is 1. The van der Waals surface area contributed by atoms with Crippen LogP contribution in [0.5, 0.6) is 0 Å². The molecule has 0 aromatic carbocycles. The number of nitrogens with one attached hydrogen (secondary N) is 1. The highest BCUT2D eigenvalue weighted by molar-refractivity contribution is 5.70. The smallest absolute Gasteiger partial charge is 0.332 e. The molecule has 0 amide bonds. The van der Waals surface area contributed by atoms with Gasteiger partial charge >= 0.3 is 11.7 Å². The van der Waals surface area contributed by atoms with Crippen molar-refractivity contribution in [1.82, 2.24) is 19.1 Å². The highest BCUT2D eigenvalue weighted by Gasteiger charge is 2.71. The van der Waals surface area contributed by atoms with Crippen molar-refractivity contribution >= 4 is 17.1 Å². The van der Waals surface area contributed by atoms with Crippen molar-refractivity contribution in [2.75, 3.05) is 6.61 Å². The second-order valence-electron chi connectivity index (χ2n) is 9.23. The van der Waals surface area contributed by atoms with Gasteiger partial charge in [0.2, 0.25) is 0 Å². The number of hydrogen-bond donors (Lipinski definition) is 2. The number of rotatable bonds is 8. The zero-order chi connectivity index (χ0) is 22.8. The van der Waals surface area contributed by atoms with Crippen molar-refractivity contribution in [1.29, 1.82) is 0 Å². The highest BCUT2D eigenvalue weighted by Crippen LogP contribution is 2.60. The lowest BCUT2D eigenvalue weighted by molar-refractivity contribution is -0.184. The Morgan fingerprint density at radius 2 is 1.97 bits per heavy atom. The molecule has 11 heteroatoms. The average Bonchev–Trinajstić information content (AvgIpc) is 3.32. The summed E-state index contributed by atoms with van der Waals surface area (Å²) in [5.41, 5.74) is -1.54. The SMILES string of the molecule is CCCn1c(=O)c2[nH]c([C@@]34C[C@H]5O[C@@](C)(C3)C(O4)C5OCC(=O)O)nc2n(CCC)c1=O. The summed E-state index contributed by atoms with van der Waals surface area (Å²) in [6.07, 6.45) is 1.05. The first-order valence-electron chi connectivity index (χ1n) is 11.2. The first-order valence-corrected chi connectivity index (χ1v) is 11.2. The third-order valence-electron chi connectivity index (χ3n) is 6.79. The number of aryl methyl sites for hydroxylation is 1. The van der Waals surface area contributed by atoms with Crippen LogP contribution in [0, 0.1) is 0 Å². The zero-order valence-corrected chi connectivity index (χ0v) is 18.4. The van der Waals surface area contributed by atoms with Crippen molar-refractivity contribution in [3.8, 4) is 0 Å². The fraction of sp³-hybridized carbons (Fsp3) is 0.714. The second kappa shape index (κ2) is 7.26. The Balaban J connectivity index is 1.58. The molecule has 2 unspecified atom stereocenters. The molecule has 4 saturated heterocycles. The molecule has 2 aromatic heterocycles. The van der Waals surface area contributed by atoms with Crippen LogP contribution in [0.4, 0.5) is 0 Å². The Morgan fingerprint density at radius 3 is 2.62 bits per heavy atom. The number of carboxylic acid groups (broad SMARTS) is 1. The van der Waals surface area contributed by atoms with Gasteiger partial charge in [0.05, 0.1) is 11.7 Å². The van der Waals surface area contributed by atoms with E-state index in [0.29, 0.717) is 49.3 Å². The van der Waals surface area contributed by atoms with Gasteiger partial charge in [0, 0.05) is 25.9 Å². The van der Waals surface area contributed by atoms with Crippen LogP contribution in [0.1, 0.15) is 52.3 Å². The number of nitrogens with zero attached hydrogens (tertiary/aromatic N) is 3. The molecule has 2 aromatic rings. The molecule has 6 rings (SSSR count). The lowest BCUT2D eigenvalue weighted by Gasteiger charge is -2.39. The minimum absolute atomic E-state index is 0.298. The topological polar surface area (TPSA) is 138 Å². The molecular weight excluding hydrogens is 420 g/mol. The third kappa shape index (κ3) is 2.91. The summed E-state index contributed by atoms with van der Waals surface area (Å²) >= 11 is 0. The Bertz CT molecular complexity index is 1200. The molecule has 4 bridgehead atoms. The molecule has 11 nitrogen and oxygen atoms in total. The molecule has 0 saturated carbocycles. The number of aliphatic carboxylic acids is 1. The maximum Gasteiger partial charge on any atom is 0.332 e. The van der Waals surface area contributed by atoms with E-state index in [1.54, 1.807) is 4.57 Å². The van der Waals surface area contributed by atoms with E-state index in [0.717, 1.165) is 6.42 Å². The quantitative estimate of drug-likeness (QED) is 0.603. The minimum Gasteiger partial charge on any atom is -0.480 e. The fourth-order valence-electron chi connectivity index (χ4n) is 5.64.